The Balaban J connectivity index is 1.62. The third kappa shape index (κ3) is 3.98. The fraction of sp³-hybridized carbons (Fsp3) is 0.929. The summed E-state index contributed by atoms with van der Waals surface area (Å²) in [6.45, 7) is 6.94. The highest BCUT2D eigenvalue weighted by Crippen LogP contribution is 2.26. The molecule has 1 saturated carbocycles. The predicted molar refractivity (Wildman–Crippen MR) is 69.9 cm³/mol. The minimum atomic E-state index is 0.233. The summed E-state index contributed by atoms with van der Waals surface area (Å²) in [5.41, 5.74) is 0. The summed E-state index contributed by atoms with van der Waals surface area (Å²) in [5, 5.41) is 0. The van der Waals surface area contributed by atoms with Gasteiger partial charge in [0.25, 0.3) is 0 Å². The van der Waals surface area contributed by atoms with Gasteiger partial charge in [-0.25, -0.2) is 0 Å². The van der Waals surface area contributed by atoms with Gasteiger partial charge in [0.1, 0.15) is 0 Å². The van der Waals surface area contributed by atoms with Crippen LogP contribution in [0.3, 0.4) is 0 Å². The highest BCUT2D eigenvalue weighted by molar-refractivity contribution is 5.73. The molecule has 1 amide bonds. The van der Waals surface area contributed by atoms with Gasteiger partial charge in [-0.3, -0.25) is 9.69 Å². The molecule has 0 aromatic rings. The first-order valence-electron chi connectivity index (χ1n) is 7.23. The van der Waals surface area contributed by atoms with Crippen LogP contribution in [-0.2, 0) is 4.79 Å². The molecule has 98 valence electrons. The van der Waals surface area contributed by atoms with Crippen molar-refractivity contribution >= 4 is 5.91 Å². The first-order chi connectivity index (χ1) is 8.25. The van der Waals surface area contributed by atoms with Crippen molar-refractivity contribution in [1.82, 2.24) is 9.80 Å². The SMILES string of the molecule is CC(=O)N1CCN(CCC2CCCCC2)CC1. The van der Waals surface area contributed by atoms with Crippen LogP contribution >= 0.6 is 0 Å². The molecule has 0 N–H and O–H groups in total. The zero-order valence-corrected chi connectivity index (χ0v) is 11.2. The van der Waals surface area contributed by atoms with E-state index in [0.717, 1.165) is 32.1 Å². The van der Waals surface area contributed by atoms with Gasteiger partial charge >= 0.3 is 0 Å². The summed E-state index contributed by atoms with van der Waals surface area (Å²) >= 11 is 0. The lowest BCUT2D eigenvalue weighted by Gasteiger charge is -2.35. The van der Waals surface area contributed by atoms with E-state index in [2.05, 4.69) is 4.90 Å². The minimum Gasteiger partial charge on any atom is -0.340 e. The number of piperazine rings is 1. The second kappa shape index (κ2) is 6.39. The lowest BCUT2D eigenvalue weighted by Crippen LogP contribution is -2.48. The lowest BCUT2D eigenvalue weighted by molar-refractivity contribution is -0.130. The monoisotopic (exact) mass is 238 g/mol. The van der Waals surface area contributed by atoms with Gasteiger partial charge in [0, 0.05) is 33.1 Å². The Hall–Kier alpha value is -0.570. The van der Waals surface area contributed by atoms with Crippen molar-refractivity contribution in [3.63, 3.8) is 0 Å². The maximum atomic E-state index is 11.2. The second-order valence-corrected chi connectivity index (χ2v) is 5.64. The average molecular weight is 238 g/mol. The van der Waals surface area contributed by atoms with E-state index in [1.54, 1.807) is 6.92 Å². The van der Waals surface area contributed by atoms with Gasteiger partial charge < -0.3 is 4.90 Å². The van der Waals surface area contributed by atoms with E-state index in [0.29, 0.717) is 0 Å². The molecular formula is C14H26N2O. The van der Waals surface area contributed by atoms with Crippen molar-refractivity contribution < 1.29 is 4.79 Å². The van der Waals surface area contributed by atoms with Crippen molar-refractivity contribution in [2.45, 2.75) is 45.4 Å². The van der Waals surface area contributed by atoms with Gasteiger partial charge in [-0.05, 0) is 18.9 Å². The van der Waals surface area contributed by atoms with Gasteiger partial charge in [-0.15, -0.1) is 0 Å². The Kier molecular flexibility index (Phi) is 4.84. The van der Waals surface area contributed by atoms with E-state index in [1.807, 2.05) is 4.90 Å². The number of amides is 1. The molecule has 1 aliphatic carbocycles. The topological polar surface area (TPSA) is 23.6 Å². The van der Waals surface area contributed by atoms with Crippen LogP contribution < -0.4 is 0 Å². The molecule has 0 atom stereocenters. The van der Waals surface area contributed by atoms with E-state index in [9.17, 15) is 4.79 Å². The Labute approximate surface area is 105 Å². The van der Waals surface area contributed by atoms with E-state index in [1.165, 1.54) is 45.1 Å². The molecule has 1 aliphatic heterocycles. The van der Waals surface area contributed by atoms with Gasteiger partial charge in [-0.2, -0.15) is 0 Å². The third-order valence-electron chi connectivity index (χ3n) is 4.40. The second-order valence-electron chi connectivity index (χ2n) is 5.64. The number of carbonyl (C=O) groups is 1. The summed E-state index contributed by atoms with van der Waals surface area (Å²) in [4.78, 5) is 15.7. The molecule has 0 bridgehead atoms. The number of hydrogen-bond donors (Lipinski definition) is 0. The molecule has 1 heterocycles. The Morgan fingerprint density at radius 3 is 2.29 bits per heavy atom. The molecule has 2 fully saturated rings. The van der Waals surface area contributed by atoms with Crippen molar-refractivity contribution in [3.05, 3.63) is 0 Å². The number of carbonyl (C=O) groups excluding carboxylic acids is 1. The van der Waals surface area contributed by atoms with Crippen LogP contribution in [-0.4, -0.2) is 48.4 Å². The minimum absolute atomic E-state index is 0.233. The highest BCUT2D eigenvalue weighted by Gasteiger charge is 2.20. The van der Waals surface area contributed by atoms with Crippen LogP contribution in [0.4, 0.5) is 0 Å². The largest absolute Gasteiger partial charge is 0.340 e. The zero-order chi connectivity index (χ0) is 12.1. The smallest absolute Gasteiger partial charge is 0.219 e. The van der Waals surface area contributed by atoms with Crippen LogP contribution in [0.1, 0.15) is 45.4 Å². The molecule has 0 radical (unpaired) electrons. The zero-order valence-electron chi connectivity index (χ0n) is 11.2. The standard InChI is InChI=1S/C14H26N2O/c1-13(17)16-11-9-15(10-12-16)8-7-14-5-3-2-4-6-14/h14H,2-12H2,1H3. The summed E-state index contributed by atoms with van der Waals surface area (Å²) in [5.74, 6) is 1.21. The molecule has 0 aromatic heterocycles. The fourth-order valence-corrected chi connectivity index (χ4v) is 3.13. The van der Waals surface area contributed by atoms with Crippen LogP contribution in [0.25, 0.3) is 0 Å². The molecule has 1 saturated heterocycles. The molecule has 3 heteroatoms. The lowest BCUT2D eigenvalue weighted by atomic mass is 9.87. The van der Waals surface area contributed by atoms with Gasteiger partial charge in [-0.1, -0.05) is 32.1 Å². The predicted octanol–water partition coefficient (Wildman–Crippen LogP) is 2.12. The van der Waals surface area contributed by atoms with Crippen molar-refractivity contribution in [2.75, 3.05) is 32.7 Å². The Morgan fingerprint density at radius 2 is 1.71 bits per heavy atom. The summed E-state index contributed by atoms with van der Waals surface area (Å²) in [7, 11) is 0. The quantitative estimate of drug-likeness (QED) is 0.752. The maximum Gasteiger partial charge on any atom is 0.219 e. The summed E-state index contributed by atoms with van der Waals surface area (Å²) < 4.78 is 0. The Morgan fingerprint density at radius 1 is 1.06 bits per heavy atom. The van der Waals surface area contributed by atoms with Gasteiger partial charge in [0.15, 0.2) is 0 Å². The molecule has 2 aliphatic rings. The number of rotatable bonds is 3. The van der Waals surface area contributed by atoms with Crippen LogP contribution in [0.2, 0.25) is 0 Å². The molecule has 0 spiro atoms. The molecule has 17 heavy (non-hydrogen) atoms. The van der Waals surface area contributed by atoms with E-state index < -0.39 is 0 Å². The molecular weight excluding hydrogens is 212 g/mol. The van der Waals surface area contributed by atoms with E-state index in [-0.39, 0.29) is 5.91 Å². The summed E-state index contributed by atoms with van der Waals surface area (Å²) in [6.07, 6.45) is 8.63. The number of hydrogen-bond acceptors (Lipinski definition) is 2. The van der Waals surface area contributed by atoms with Crippen LogP contribution in [0.5, 0.6) is 0 Å². The fourth-order valence-electron chi connectivity index (χ4n) is 3.13. The molecule has 0 aromatic carbocycles. The molecule has 2 rings (SSSR count). The van der Waals surface area contributed by atoms with Crippen molar-refractivity contribution in [2.24, 2.45) is 5.92 Å². The number of nitrogens with zero attached hydrogens (tertiary/aromatic N) is 2. The molecule has 3 nitrogen and oxygen atoms in total. The highest BCUT2D eigenvalue weighted by atomic mass is 16.2. The van der Waals surface area contributed by atoms with E-state index in [4.69, 9.17) is 0 Å². The van der Waals surface area contributed by atoms with Crippen molar-refractivity contribution in [1.29, 1.82) is 0 Å². The van der Waals surface area contributed by atoms with Crippen LogP contribution in [0, 0.1) is 5.92 Å². The van der Waals surface area contributed by atoms with Gasteiger partial charge in [0.2, 0.25) is 5.91 Å². The van der Waals surface area contributed by atoms with Crippen LogP contribution in [0.15, 0.2) is 0 Å². The Bertz CT molecular complexity index is 241. The normalized spacial score (nSPS) is 23.9. The maximum absolute atomic E-state index is 11.2. The van der Waals surface area contributed by atoms with Gasteiger partial charge in [0.05, 0.1) is 0 Å². The van der Waals surface area contributed by atoms with E-state index >= 15 is 0 Å². The third-order valence-corrected chi connectivity index (χ3v) is 4.40. The van der Waals surface area contributed by atoms with Crippen molar-refractivity contribution in [3.8, 4) is 0 Å². The first-order valence-corrected chi connectivity index (χ1v) is 7.23. The average Bonchev–Trinajstić information content (AvgIpc) is 2.38. The summed E-state index contributed by atoms with van der Waals surface area (Å²) in [6, 6.07) is 0. The molecule has 0 unspecified atom stereocenters. The first kappa shape index (κ1) is 12.9.